The van der Waals surface area contributed by atoms with Gasteiger partial charge in [-0.3, -0.25) is 5.10 Å². The topological polar surface area (TPSA) is 76.8 Å². The van der Waals surface area contributed by atoms with Crippen molar-refractivity contribution in [1.82, 2.24) is 20.3 Å². The van der Waals surface area contributed by atoms with Crippen molar-refractivity contribution in [2.45, 2.75) is 0 Å². The molecule has 0 aliphatic rings. The van der Waals surface area contributed by atoms with Gasteiger partial charge in [-0.1, -0.05) is 41.6 Å². The minimum atomic E-state index is 0.429. The highest BCUT2D eigenvalue weighted by molar-refractivity contribution is 5.71. The van der Waals surface area contributed by atoms with Crippen LogP contribution in [0, 0.1) is 0 Å². The van der Waals surface area contributed by atoms with E-state index in [1.807, 2.05) is 60.7 Å². The molecule has 0 unspecified atom stereocenters. The van der Waals surface area contributed by atoms with Crippen molar-refractivity contribution in [2.24, 2.45) is 0 Å². The fraction of sp³-hybridized carbons (Fsp3) is 0.0500. The Morgan fingerprint density at radius 1 is 1.00 bits per heavy atom. The first-order valence-electron chi connectivity index (χ1n) is 8.08. The number of benzene rings is 2. The minimum absolute atomic E-state index is 0.429. The Morgan fingerprint density at radius 3 is 2.73 bits per heavy atom. The number of nitrogens with zero attached hydrogens (tertiary/aromatic N) is 3. The van der Waals surface area contributed by atoms with Crippen LogP contribution < -0.4 is 4.74 Å². The van der Waals surface area contributed by atoms with Crippen LogP contribution in [0.4, 0.5) is 0 Å². The van der Waals surface area contributed by atoms with Crippen LogP contribution in [0.3, 0.4) is 0 Å². The van der Waals surface area contributed by atoms with Crippen molar-refractivity contribution < 1.29 is 9.26 Å². The Kier molecular flexibility index (Phi) is 4.30. The number of H-pyrrole nitrogens is 1. The SMILES string of the molecule is COc1ccccc1/C=C/c1nc(-c2cccc(-c3ccn[nH]3)c2)no1. The van der Waals surface area contributed by atoms with Crippen LogP contribution in [0.25, 0.3) is 34.8 Å². The van der Waals surface area contributed by atoms with E-state index in [2.05, 4.69) is 20.3 Å². The molecule has 6 heteroatoms. The Morgan fingerprint density at radius 2 is 1.88 bits per heavy atom. The molecule has 4 aromatic rings. The molecule has 0 fully saturated rings. The van der Waals surface area contributed by atoms with E-state index >= 15 is 0 Å². The van der Waals surface area contributed by atoms with Gasteiger partial charge < -0.3 is 9.26 Å². The van der Waals surface area contributed by atoms with Crippen LogP contribution in [-0.4, -0.2) is 27.4 Å². The third kappa shape index (κ3) is 3.25. The van der Waals surface area contributed by atoms with Gasteiger partial charge in [-0.2, -0.15) is 10.1 Å². The molecule has 1 N–H and O–H groups in total. The lowest BCUT2D eigenvalue weighted by molar-refractivity contribution is 0.411. The molecule has 0 aliphatic heterocycles. The third-order valence-corrected chi connectivity index (χ3v) is 3.92. The molecule has 0 radical (unpaired) electrons. The van der Waals surface area contributed by atoms with Gasteiger partial charge in [0.05, 0.1) is 12.8 Å². The summed E-state index contributed by atoms with van der Waals surface area (Å²) in [6.07, 6.45) is 5.38. The molecule has 0 saturated heterocycles. The first-order chi connectivity index (χ1) is 12.8. The molecule has 26 heavy (non-hydrogen) atoms. The first kappa shape index (κ1) is 15.8. The molecule has 6 nitrogen and oxygen atoms in total. The van der Waals surface area contributed by atoms with Gasteiger partial charge in [-0.15, -0.1) is 0 Å². The van der Waals surface area contributed by atoms with E-state index in [0.717, 1.165) is 28.1 Å². The Balaban J connectivity index is 1.59. The second-order valence-corrected chi connectivity index (χ2v) is 5.58. The maximum atomic E-state index is 5.34. The number of rotatable bonds is 5. The number of aromatic nitrogens is 4. The fourth-order valence-electron chi connectivity index (χ4n) is 2.63. The van der Waals surface area contributed by atoms with Crippen LogP contribution >= 0.6 is 0 Å². The molecule has 0 saturated carbocycles. The summed E-state index contributed by atoms with van der Waals surface area (Å²) in [6.45, 7) is 0. The molecule has 4 rings (SSSR count). The lowest BCUT2D eigenvalue weighted by Gasteiger charge is -2.02. The number of aromatic amines is 1. The summed E-state index contributed by atoms with van der Waals surface area (Å²) in [6, 6.07) is 17.5. The molecule has 0 atom stereocenters. The number of nitrogens with one attached hydrogen (secondary N) is 1. The number of hydrogen-bond donors (Lipinski definition) is 1. The predicted octanol–water partition coefficient (Wildman–Crippen LogP) is 4.31. The summed E-state index contributed by atoms with van der Waals surface area (Å²) < 4.78 is 10.7. The minimum Gasteiger partial charge on any atom is -0.496 e. The molecule has 2 aromatic carbocycles. The van der Waals surface area contributed by atoms with Crippen molar-refractivity contribution in [3.05, 3.63) is 72.2 Å². The Hall–Kier alpha value is -3.67. The monoisotopic (exact) mass is 344 g/mol. The quantitative estimate of drug-likeness (QED) is 0.584. The molecule has 0 spiro atoms. The smallest absolute Gasteiger partial charge is 0.250 e. The number of hydrogen-bond acceptors (Lipinski definition) is 5. The summed E-state index contributed by atoms with van der Waals surface area (Å²) in [5.41, 5.74) is 3.76. The molecule has 128 valence electrons. The highest BCUT2D eigenvalue weighted by Gasteiger charge is 2.09. The molecular formula is C20H16N4O2. The van der Waals surface area contributed by atoms with E-state index in [-0.39, 0.29) is 0 Å². The summed E-state index contributed by atoms with van der Waals surface area (Å²) >= 11 is 0. The normalized spacial score (nSPS) is 11.1. The number of ether oxygens (including phenoxy) is 1. The number of methoxy groups -OCH3 is 1. The summed E-state index contributed by atoms with van der Waals surface area (Å²) in [5.74, 6) is 1.75. The summed E-state index contributed by atoms with van der Waals surface area (Å²) in [5, 5.41) is 11.0. The Bertz CT molecular complexity index is 1040. The van der Waals surface area contributed by atoms with Gasteiger partial charge in [-0.05, 0) is 24.3 Å². The van der Waals surface area contributed by atoms with Crippen LogP contribution in [0.5, 0.6) is 5.75 Å². The van der Waals surface area contributed by atoms with Crippen molar-refractivity contribution in [3.63, 3.8) is 0 Å². The molecular weight excluding hydrogens is 328 g/mol. The largest absolute Gasteiger partial charge is 0.496 e. The predicted molar refractivity (Wildman–Crippen MR) is 99.2 cm³/mol. The average molecular weight is 344 g/mol. The molecule has 2 aromatic heterocycles. The van der Waals surface area contributed by atoms with Crippen molar-refractivity contribution in [2.75, 3.05) is 7.11 Å². The van der Waals surface area contributed by atoms with Gasteiger partial charge in [0.1, 0.15) is 5.75 Å². The zero-order valence-corrected chi connectivity index (χ0v) is 14.1. The van der Waals surface area contributed by atoms with Gasteiger partial charge in [-0.25, -0.2) is 0 Å². The molecule has 0 bridgehead atoms. The van der Waals surface area contributed by atoms with Crippen LogP contribution in [-0.2, 0) is 0 Å². The van der Waals surface area contributed by atoms with Crippen molar-refractivity contribution >= 4 is 12.2 Å². The van der Waals surface area contributed by atoms with Crippen molar-refractivity contribution in [1.29, 1.82) is 0 Å². The summed E-state index contributed by atoms with van der Waals surface area (Å²) in [4.78, 5) is 4.44. The molecule has 0 aliphatic carbocycles. The van der Waals surface area contributed by atoms with E-state index in [1.54, 1.807) is 19.4 Å². The maximum Gasteiger partial charge on any atom is 0.250 e. The van der Waals surface area contributed by atoms with Gasteiger partial charge in [0.15, 0.2) is 0 Å². The fourth-order valence-corrected chi connectivity index (χ4v) is 2.63. The second-order valence-electron chi connectivity index (χ2n) is 5.58. The van der Waals surface area contributed by atoms with E-state index in [1.165, 1.54) is 0 Å². The van der Waals surface area contributed by atoms with E-state index in [0.29, 0.717) is 11.7 Å². The van der Waals surface area contributed by atoms with E-state index in [9.17, 15) is 0 Å². The second kappa shape index (κ2) is 7.06. The zero-order valence-electron chi connectivity index (χ0n) is 14.1. The zero-order chi connectivity index (χ0) is 17.8. The molecule has 2 heterocycles. The van der Waals surface area contributed by atoms with Crippen LogP contribution in [0.1, 0.15) is 11.5 Å². The average Bonchev–Trinajstić information content (AvgIpc) is 3.39. The third-order valence-electron chi connectivity index (χ3n) is 3.92. The van der Waals surface area contributed by atoms with Gasteiger partial charge >= 0.3 is 0 Å². The van der Waals surface area contributed by atoms with Gasteiger partial charge in [0.2, 0.25) is 5.82 Å². The number of para-hydroxylation sites is 1. The van der Waals surface area contributed by atoms with Crippen LogP contribution in [0.2, 0.25) is 0 Å². The van der Waals surface area contributed by atoms with Crippen molar-refractivity contribution in [3.8, 4) is 28.4 Å². The Labute approximate surface area is 150 Å². The summed E-state index contributed by atoms with van der Waals surface area (Å²) in [7, 11) is 1.64. The first-order valence-corrected chi connectivity index (χ1v) is 8.08. The lowest BCUT2D eigenvalue weighted by Crippen LogP contribution is -1.85. The molecule has 0 amide bonds. The standard InChI is InChI=1S/C20H16N4O2/c1-25-18-8-3-2-5-14(18)9-10-19-22-20(24-26-19)16-7-4-6-15(13-16)17-11-12-21-23-17/h2-13H,1H3,(H,21,23)/b10-9+. The van der Waals surface area contributed by atoms with E-state index < -0.39 is 0 Å². The lowest BCUT2D eigenvalue weighted by atomic mass is 10.1. The van der Waals surface area contributed by atoms with Gasteiger partial charge in [0, 0.05) is 29.0 Å². The van der Waals surface area contributed by atoms with Gasteiger partial charge in [0.25, 0.3) is 5.89 Å². The van der Waals surface area contributed by atoms with Crippen LogP contribution in [0.15, 0.2) is 65.3 Å². The maximum absolute atomic E-state index is 5.34. The van der Waals surface area contributed by atoms with E-state index in [4.69, 9.17) is 9.26 Å². The highest BCUT2D eigenvalue weighted by atomic mass is 16.5. The highest BCUT2D eigenvalue weighted by Crippen LogP contribution is 2.24.